The van der Waals surface area contributed by atoms with Crippen molar-refractivity contribution in [3.63, 3.8) is 0 Å². The van der Waals surface area contributed by atoms with Crippen molar-refractivity contribution in [1.82, 2.24) is 5.32 Å². The smallest absolute Gasteiger partial charge is 0.310 e. The number of aliphatic carboxylic acids is 1. The van der Waals surface area contributed by atoms with Crippen molar-refractivity contribution in [1.29, 1.82) is 0 Å². The minimum absolute atomic E-state index is 0.0728. The molecule has 5 nitrogen and oxygen atoms in total. The number of ether oxygens (including phenoxy) is 1. The summed E-state index contributed by atoms with van der Waals surface area (Å²) in [6, 6.07) is 29.2. The van der Waals surface area contributed by atoms with Gasteiger partial charge in [-0.05, 0) is 50.3 Å². The summed E-state index contributed by atoms with van der Waals surface area (Å²) in [6.07, 6.45) is 0. The van der Waals surface area contributed by atoms with Gasteiger partial charge in [0, 0.05) is 23.9 Å². The van der Waals surface area contributed by atoms with Crippen LogP contribution in [0.1, 0.15) is 69.2 Å². The van der Waals surface area contributed by atoms with Crippen LogP contribution in [0.3, 0.4) is 0 Å². The second-order valence-corrected chi connectivity index (χ2v) is 11.5. The van der Waals surface area contributed by atoms with E-state index in [0.29, 0.717) is 0 Å². The number of hydrogen-bond acceptors (Lipinski definition) is 4. The van der Waals surface area contributed by atoms with Gasteiger partial charge in [-0.15, -0.1) is 0 Å². The molecule has 2 N–H and O–H groups in total. The van der Waals surface area contributed by atoms with E-state index in [4.69, 9.17) is 4.74 Å². The predicted molar refractivity (Wildman–Crippen MR) is 150 cm³/mol. The number of nitrogens with one attached hydrogen (secondary N) is 1. The van der Waals surface area contributed by atoms with Gasteiger partial charge in [-0.1, -0.05) is 97.9 Å². The lowest BCUT2D eigenvalue weighted by Crippen LogP contribution is -2.57. The summed E-state index contributed by atoms with van der Waals surface area (Å²) in [4.78, 5) is 27.1. The zero-order chi connectivity index (χ0) is 27.4. The molecule has 1 fully saturated rings. The van der Waals surface area contributed by atoms with Crippen molar-refractivity contribution in [3.8, 4) is 0 Å². The van der Waals surface area contributed by atoms with E-state index < -0.39 is 35.4 Å². The average Bonchev–Trinajstić information content (AvgIpc) is 2.89. The summed E-state index contributed by atoms with van der Waals surface area (Å²) in [7, 11) is 0. The molecule has 38 heavy (non-hydrogen) atoms. The van der Waals surface area contributed by atoms with Crippen LogP contribution in [-0.4, -0.2) is 28.7 Å². The lowest BCUT2D eigenvalue weighted by molar-refractivity contribution is -0.167. The number of hydrogen-bond donors (Lipinski definition) is 2. The Balaban J connectivity index is 1.89. The fraction of sp³-hybridized carbons (Fsp3) is 0.394. The van der Waals surface area contributed by atoms with Gasteiger partial charge in [-0.25, -0.2) is 0 Å². The first-order valence-electron chi connectivity index (χ1n) is 13.4. The highest BCUT2D eigenvalue weighted by Gasteiger charge is 2.56. The molecule has 0 spiro atoms. The molecule has 1 aliphatic carbocycles. The van der Waals surface area contributed by atoms with Crippen molar-refractivity contribution < 1.29 is 19.4 Å². The van der Waals surface area contributed by atoms with E-state index in [-0.39, 0.29) is 23.8 Å². The predicted octanol–water partition coefficient (Wildman–Crippen LogP) is 6.58. The molecular formula is C33H39NO4. The minimum atomic E-state index is -0.913. The van der Waals surface area contributed by atoms with Crippen LogP contribution in [-0.2, 0) is 14.3 Å². The van der Waals surface area contributed by atoms with Gasteiger partial charge in [0.2, 0.25) is 0 Å². The Bertz CT molecular complexity index is 1210. The molecule has 1 aliphatic rings. The normalized spacial score (nSPS) is 26.3. The van der Waals surface area contributed by atoms with Crippen molar-refractivity contribution in [2.45, 2.75) is 64.1 Å². The quantitative estimate of drug-likeness (QED) is 0.349. The Hall–Kier alpha value is -3.44. The Kier molecular flexibility index (Phi) is 8.37. The SMILES string of the molecule is CC(NC1C(C)C(c2ccccc2)C(C(=O)OC(C)(C)C)C(c2ccccc2)C1C(=O)O)c1ccccc1. The highest BCUT2D eigenvalue weighted by atomic mass is 16.6. The third-order valence-electron chi connectivity index (χ3n) is 7.76. The molecule has 3 aromatic rings. The van der Waals surface area contributed by atoms with Crippen LogP contribution in [0.5, 0.6) is 0 Å². The number of rotatable bonds is 7. The molecule has 0 amide bonds. The van der Waals surface area contributed by atoms with E-state index in [1.807, 2.05) is 112 Å². The Morgan fingerprint density at radius 3 is 1.74 bits per heavy atom. The highest BCUT2D eigenvalue weighted by molar-refractivity contribution is 5.80. The number of carboxylic acid groups (broad SMARTS) is 1. The second kappa shape index (κ2) is 11.5. The second-order valence-electron chi connectivity index (χ2n) is 11.5. The van der Waals surface area contributed by atoms with Crippen molar-refractivity contribution in [2.75, 3.05) is 0 Å². The van der Waals surface area contributed by atoms with Gasteiger partial charge < -0.3 is 15.2 Å². The van der Waals surface area contributed by atoms with Gasteiger partial charge in [0.15, 0.2) is 0 Å². The van der Waals surface area contributed by atoms with Crippen LogP contribution in [0.4, 0.5) is 0 Å². The number of esters is 1. The van der Waals surface area contributed by atoms with Crippen LogP contribution >= 0.6 is 0 Å². The van der Waals surface area contributed by atoms with Gasteiger partial charge in [0.25, 0.3) is 0 Å². The first-order valence-corrected chi connectivity index (χ1v) is 13.4. The number of benzene rings is 3. The summed E-state index contributed by atoms with van der Waals surface area (Å²) < 4.78 is 5.99. The Morgan fingerprint density at radius 1 is 0.789 bits per heavy atom. The Morgan fingerprint density at radius 2 is 1.26 bits per heavy atom. The van der Waals surface area contributed by atoms with E-state index in [9.17, 15) is 14.7 Å². The summed E-state index contributed by atoms with van der Waals surface area (Å²) >= 11 is 0. The maximum absolute atomic E-state index is 14.0. The molecule has 4 rings (SSSR count). The topological polar surface area (TPSA) is 75.6 Å². The zero-order valence-electron chi connectivity index (χ0n) is 22.9. The van der Waals surface area contributed by atoms with Gasteiger partial charge >= 0.3 is 11.9 Å². The Labute approximate surface area is 226 Å². The van der Waals surface area contributed by atoms with Gasteiger partial charge in [-0.2, -0.15) is 0 Å². The molecule has 200 valence electrons. The van der Waals surface area contributed by atoms with Crippen LogP contribution in [0.25, 0.3) is 0 Å². The average molecular weight is 514 g/mol. The molecule has 3 aromatic carbocycles. The molecule has 1 saturated carbocycles. The summed E-state index contributed by atoms with van der Waals surface area (Å²) in [6.45, 7) is 9.70. The van der Waals surface area contributed by atoms with E-state index in [0.717, 1.165) is 16.7 Å². The van der Waals surface area contributed by atoms with Crippen molar-refractivity contribution in [3.05, 3.63) is 108 Å². The van der Waals surface area contributed by atoms with E-state index >= 15 is 0 Å². The van der Waals surface area contributed by atoms with Gasteiger partial charge in [-0.3, -0.25) is 9.59 Å². The molecule has 0 aromatic heterocycles. The standard InChI is InChI=1S/C33H39NO4/c1-21-26(24-17-11-7-12-18-24)28(32(37)38-33(3,4)5)27(25-19-13-8-14-20-25)29(31(35)36)30(21)34-22(2)23-15-9-6-10-16-23/h6-22,26-30,34H,1-5H3,(H,35,36). The molecule has 7 atom stereocenters. The summed E-state index contributed by atoms with van der Waals surface area (Å²) in [5.74, 6) is -3.76. The minimum Gasteiger partial charge on any atom is -0.481 e. The molecule has 0 heterocycles. The van der Waals surface area contributed by atoms with E-state index in [1.54, 1.807) is 0 Å². The number of carbonyl (C=O) groups is 2. The van der Waals surface area contributed by atoms with Crippen molar-refractivity contribution >= 4 is 11.9 Å². The molecule has 0 saturated heterocycles. The number of carbonyl (C=O) groups excluding carboxylic acids is 1. The maximum atomic E-state index is 14.0. The van der Waals surface area contributed by atoms with E-state index in [2.05, 4.69) is 19.2 Å². The largest absolute Gasteiger partial charge is 0.481 e. The summed E-state index contributed by atoms with van der Waals surface area (Å²) in [5, 5.41) is 14.4. The first-order chi connectivity index (χ1) is 18.1. The third-order valence-corrected chi connectivity index (χ3v) is 7.76. The first kappa shape index (κ1) is 27.6. The molecular weight excluding hydrogens is 474 g/mol. The lowest BCUT2D eigenvalue weighted by Gasteiger charge is -2.50. The molecule has 0 radical (unpaired) electrons. The van der Waals surface area contributed by atoms with Gasteiger partial charge in [0.1, 0.15) is 5.60 Å². The van der Waals surface area contributed by atoms with Gasteiger partial charge in [0.05, 0.1) is 11.8 Å². The van der Waals surface area contributed by atoms with Crippen LogP contribution in [0.15, 0.2) is 91.0 Å². The molecule has 0 bridgehead atoms. The third kappa shape index (κ3) is 5.99. The fourth-order valence-corrected chi connectivity index (χ4v) is 6.18. The monoisotopic (exact) mass is 513 g/mol. The lowest BCUT2D eigenvalue weighted by atomic mass is 9.56. The number of carboxylic acids is 1. The summed E-state index contributed by atoms with van der Waals surface area (Å²) in [5.41, 5.74) is 2.24. The van der Waals surface area contributed by atoms with Crippen LogP contribution in [0, 0.1) is 17.8 Å². The molecule has 7 unspecified atom stereocenters. The van der Waals surface area contributed by atoms with Crippen molar-refractivity contribution in [2.24, 2.45) is 17.8 Å². The highest BCUT2D eigenvalue weighted by Crippen LogP contribution is 2.53. The zero-order valence-corrected chi connectivity index (χ0v) is 22.9. The van der Waals surface area contributed by atoms with Crippen LogP contribution in [0.2, 0.25) is 0 Å². The van der Waals surface area contributed by atoms with E-state index in [1.165, 1.54) is 0 Å². The fourth-order valence-electron chi connectivity index (χ4n) is 6.18. The molecule has 0 aliphatic heterocycles. The molecule has 5 heteroatoms. The van der Waals surface area contributed by atoms with Crippen LogP contribution < -0.4 is 5.32 Å². The maximum Gasteiger partial charge on any atom is 0.310 e.